The summed E-state index contributed by atoms with van der Waals surface area (Å²) in [6.07, 6.45) is 5.89. The number of halogens is 1. The van der Waals surface area contributed by atoms with E-state index in [-0.39, 0.29) is 0 Å². The second kappa shape index (κ2) is 6.78. The van der Waals surface area contributed by atoms with Crippen LogP contribution in [0.2, 0.25) is 5.02 Å². The zero-order chi connectivity index (χ0) is 16.2. The van der Waals surface area contributed by atoms with Gasteiger partial charge in [0.15, 0.2) is 0 Å². The fourth-order valence-electron chi connectivity index (χ4n) is 2.58. The first-order valence-corrected chi connectivity index (χ1v) is 7.75. The number of nitrogens with two attached hydrogens (primary N) is 1. The molecule has 23 heavy (non-hydrogen) atoms. The Morgan fingerprint density at radius 3 is 2.48 bits per heavy atom. The third kappa shape index (κ3) is 3.50. The van der Waals surface area contributed by atoms with E-state index in [1.807, 2.05) is 0 Å². The van der Waals surface area contributed by atoms with Crippen LogP contribution >= 0.6 is 11.6 Å². The summed E-state index contributed by atoms with van der Waals surface area (Å²) in [5, 5.41) is 0.436. The Kier molecular flexibility index (Phi) is 4.57. The van der Waals surface area contributed by atoms with Crippen LogP contribution in [0.25, 0.3) is 0 Å². The van der Waals surface area contributed by atoms with Crippen molar-refractivity contribution in [1.82, 2.24) is 15.0 Å². The molecule has 1 amide bonds. The molecule has 0 spiro atoms. The van der Waals surface area contributed by atoms with E-state index in [2.05, 4.69) is 24.8 Å². The molecule has 0 atom stereocenters. The van der Waals surface area contributed by atoms with Crippen molar-refractivity contribution in [2.75, 3.05) is 36.0 Å². The second-order valence-electron chi connectivity index (χ2n) is 5.27. The van der Waals surface area contributed by atoms with Gasteiger partial charge in [0.2, 0.25) is 11.9 Å². The fraction of sp³-hybridized carbons (Fsp3) is 0.333. The molecule has 0 unspecified atom stereocenters. The number of rotatable bonds is 3. The molecule has 0 aliphatic carbocycles. The Bertz CT molecular complexity index is 696. The van der Waals surface area contributed by atoms with Crippen molar-refractivity contribution >= 4 is 29.3 Å². The van der Waals surface area contributed by atoms with Crippen molar-refractivity contribution in [3.8, 4) is 0 Å². The molecule has 3 rings (SSSR count). The molecule has 120 valence electrons. The Labute approximate surface area is 139 Å². The maximum Gasteiger partial charge on any atom is 0.250 e. The Morgan fingerprint density at radius 2 is 1.78 bits per heavy atom. The molecule has 7 nitrogen and oxygen atoms in total. The van der Waals surface area contributed by atoms with Gasteiger partial charge in [0.05, 0.1) is 10.6 Å². The maximum atomic E-state index is 11.2. The third-order valence-corrected chi connectivity index (χ3v) is 4.01. The highest BCUT2D eigenvalue weighted by molar-refractivity contribution is 6.33. The largest absolute Gasteiger partial charge is 0.366 e. The van der Waals surface area contributed by atoms with Crippen molar-refractivity contribution in [1.29, 1.82) is 0 Å². The van der Waals surface area contributed by atoms with Gasteiger partial charge in [-0.1, -0.05) is 11.6 Å². The van der Waals surface area contributed by atoms with Crippen molar-refractivity contribution in [3.63, 3.8) is 0 Å². The molecule has 0 radical (unpaired) electrons. The summed E-state index contributed by atoms with van der Waals surface area (Å²) in [7, 11) is 0. The minimum Gasteiger partial charge on any atom is -0.366 e. The molecule has 0 saturated carbocycles. The zero-order valence-electron chi connectivity index (χ0n) is 12.5. The van der Waals surface area contributed by atoms with Gasteiger partial charge in [-0.2, -0.15) is 0 Å². The highest BCUT2D eigenvalue weighted by atomic mass is 35.5. The average molecular weight is 333 g/mol. The van der Waals surface area contributed by atoms with Crippen LogP contribution in [-0.4, -0.2) is 47.0 Å². The van der Waals surface area contributed by atoms with Gasteiger partial charge in [-0.25, -0.2) is 15.0 Å². The van der Waals surface area contributed by atoms with Gasteiger partial charge in [-0.3, -0.25) is 4.79 Å². The quantitative estimate of drug-likeness (QED) is 0.912. The monoisotopic (exact) mass is 332 g/mol. The molecular formula is C15H17ClN6O. The lowest BCUT2D eigenvalue weighted by molar-refractivity contribution is 0.1000. The molecular weight excluding hydrogens is 316 g/mol. The summed E-state index contributed by atoms with van der Waals surface area (Å²) in [4.78, 5) is 28.3. The highest BCUT2D eigenvalue weighted by Gasteiger charge is 2.20. The molecule has 2 N–H and O–H groups in total. The number of nitrogens with zero attached hydrogens (tertiary/aromatic N) is 5. The number of carbonyl (C=O) groups excluding carboxylic acids is 1. The molecule has 3 heterocycles. The summed E-state index contributed by atoms with van der Waals surface area (Å²) < 4.78 is 0. The van der Waals surface area contributed by atoms with Crippen molar-refractivity contribution in [2.24, 2.45) is 5.73 Å². The number of anilines is 2. The second-order valence-corrected chi connectivity index (χ2v) is 5.68. The topological polar surface area (TPSA) is 88.2 Å². The van der Waals surface area contributed by atoms with Crippen molar-refractivity contribution in [3.05, 3.63) is 41.3 Å². The van der Waals surface area contributed by atoms with E-state index in [9.17, 15) is 4.79 Å². The summed E-state index contributed by atoms with van der Waals surface area (Å²) in [5.74, 6) is 0.874. The molecule has 1 fully saturated rings. The first kappa shape index (κ1) is 15.5. The SMILES string of the molecule is NC(=O)c1cnc(N2CCCN(c3ncccn3)CC2)c(Cl)c1. The number of aromatic nitrogens is 3. The van der Waals surface area contributed by atoms with E-state index in [0.717, 1.165) is 38.5 Å². The lowest BCUT2D eigenvalue weighted by atomic mass is 10.2. The van der Waals surface area contributed by atoms with E-state index in [0.29, 0.717) is 16.4 Å². The van der Waals surface area contributed by atoms with Gasteiger partial charge < -0.3 is 15.5 Å². The molecule has 1 aliphatic heterocycles. The van der Waals surface area contributed by atoms with E-state index in [1.54, 1.807) is 24.5 Å². The smallest absolute Gasteiger partial charge is 0.250 e. The van der Waals surface area contributed by atoms with Crippen LogP contribution in [0.15, 0.2) is 30.7 Å². The van der Waals surface area contributed by atoms with Crippen molar-refractivity contribution in [2.45, 2.75) is 6.42 Å². The molecule has 0 bridgehead atoms. The van der Waals surface area contributed by atoms with Gasteiger partial charge in [0.1, 0.15) is 5.82 Å². The van der Waals surface area contributed by atoms with Crippen LogP contribution in [0.4, 0.5) is 11.8 Å². The predicted molar refractivity (Wildman–Crippen MR) is 88.8 cm³/mol. The first-order chi connectivity index (χ1) is 11.1. The van der Waals surface area contributed by atoms with E-state index >= 15 is 0 Å². The number of hydrogen-bond donors (Lipinski definition) is 1. The van der Waals surface area contributed by atoms with Gasteiger partial charge >= 0.3 is 0 Å². The molecule has 1 saturated heterocycles. The van der Waals surface area contributed by atoms with Crippen LogP contribution in [-0.2, 0) is 0 Å². The van der Waals surface area contributed by atoms with E-state index in [4.69, 9.17) is 17.3 Å². The minimum atomic E-state index is -0.533. The third-order valence-electron chi connectivity index (χ3n) is 3.74. The summed E-state index contributed by atoms with van der Waals surface area (Å²) >= 11 is 6.26. The number of primary amides is 1. The summed E-state index contributed by atoms with van der Waals surface area (Å²) in [6, 6.07) is 3.37. The number of hydrogen-bond acceptors (Lipinski definition) is 6. The molecule has 0 aromatic carbocycles. The van der Waals surface area contributed by atoms with Gasteiger partial charge in [0.25, 0.3) is 0 Å². The zero-order valence-corrected chi connectivity index (χ0v) is 13.3. The molecule has 8 heteroatoms. The molecule has 1 aliphatic rings. The van der Waals surface area contributed by atoms with Crippen LogP contribution in [0.1, 0.15) is 16.8 Å². The van der Waals surface area contributed by atoms with Gasteiger partial charge in [-0.15, -0.1) is 0 Å². The number of amides is 1. The minimum absolute atomic E-state index is 0.313. The van der Waals surface area contributed by atoms with Crippen LogP contribution in [0.3, 0.4) is 0 Å². The molecule has 2 aromatic rings. The van der Waals surface area contributed by atoms with Crippen molar-refractivity contribution < 1.29 is 4.79 Å². The van der Waals surface area contributed by atoms with E-state index in [1.165, 1.54) is 6.20 Å². The van der Waals surface area contributed by atoms with Crippen LogP contribution < -0.4 is 15.5 Å². The number of pyridine rings is 1. The van der Waals surface area contributed by atoms with Gasteiger partial charge in [0, 0.05) is 44.8 Å². The lowest BCUT2D eigenvalue weighted by Crippen LogP contribution is -2.32. The first-order valence-electron chi connectivity index (χ1n) is 7.37. The van der Waals surface area contributed by atoms with Crippen LogP contribution in [0, 0.1) is 0 Å². The van der Waals surface area contributed by atoms with Crippen LogP contribution in [0.5, 0.6) is 0 Å². The maximum absolute atomic E-state index is 11.2. The van der Waals surface area contributed by atoms with Gasteiger partial charge in [-0.05, 0) is 18.6 Å². The normalized spacial score (nSPS) is 15.3. The highest BCUT2D eigenvalue weighted by Crippen LogP contribution is 2.25. The number of carbonyl (C=O) groups is 1. The standard InChI is InChI=1S/C15H17ClN6O/c16-12-9-11(13(17)23)10-20-14(12)21-5-2-6-22(8-7-21)15-18-3-1-4-19-15/h1,3-4,9-10H,2,5-8H2,(H2,17,23). The van der Waals surface area contributed by atoms with E-state index < -0.39 is 5.91 Å². The average Bonchev–Trinajstić information content (AvgIpc) is 2.81. The Morgan fingerprint density at radius 1 is 1.09 bits per heavy atom. The fourth-order valence-corrected chi connectivity index (χ4v) is 2.87. The lowest BCUT2D eigenvalue weighted by Gasteiger charge is -2.23. The summed E-state index contributed by atoms with van der Waals surface area (Å²) in [6.45, 7) is 3.23. The summed E-state index contributed by atoms with van der Waals surface area (Å²) in [5.41, 5.74) is 5.56. The predicted octanol–water partition coefficient (Wildman–Crippen LogP) is 1.34. The Balaban J connectivity index is 1.74. The molecule has 2 aromatic heterocycles. The Hall–Kier alpha value is -2.41.